The van der Waals surface area contributed by atoms with Gasteiger partial charge in [-0.2, -0.15) is 0 Å². The zero-order chi connectivity index (χ0) is 21.7. The van der Waals surface area contributed by atoms with Gasteiger partial charge >= 0.3 is 6.16 Å². The van der Waals surface area contributed by atoms with Gasteiger partial charge in [-0.3, -0.25) is 0 Å². The lowest BCUT2D eigenvalue weighted by Gasteiger charge is -2.56. The lowest BCUT2D eigenvalue weighted by Crippen LogP contribution is -2.59. The second-order valence-electron chi connectivity index (χ2n) is 9.73. The number of rotatable bonds is 9. The molecular formula is C26H39NO4. The number of benzene rings is 1. The van der Waals surface area contributed by atoms with Gasteiger partial charge in [0.1, 0.15) is 5.75 Å². The minimum Gasteiger partial charge on any atom is -0.457 e. The molecule has 1 aliphatic heterocycles. The molecule has 1 aromatic carbocycles. The summed E-state index contributed by atoms with van der Waals surface area (Å²) in [6.45, 7) is 5.74. The molecule has 2 fully saturated rings. The monoisotopic (exact) mass is 429 g/mol. The number of ether oxygens (including phenoxy) is 3. The fraction of sp³-hybridized carbons (Fsp3) is 0.731. The van der Waals surface area contributed by atoms with Crippen LogP contribution in [0.5, 0.6) is 5.75 Å². The zero-order valence-electron chi connectivity index (χ0n) is 19.3. The van der Waals surface area contributed by atoms with Gasteiger partial charge in [0.25, 0.3) is 0 Å². The van der Waals surface area contributed by atoms with Crippen molar-refractivity contribution in [3.8, 4) is 5.75 Å². The van der Waals surface area contributed by atoms with Gasteiger partial charge in [0, 0.05) is 11.5 Å². The summed E-state index contributed by atoms with van der Waals surface area (Å²) >= 11 is 0. The standard InChI is InChI=1S/C26H39NO4/c1-3-5-8-19(4-2)17-29-25(28)31-18-30-21-11-10-20-15-24-22-9-6-7-12-26(22,13-14-27-24)23(20)16-21/h10-11,16,19,22,24,27H,3-9,12-15,17-18H2,1-2H3/t19?,22-,24-,26+/m1/s1. The maximum absolute atomic E-state index is 12.0. The predicted molar refractivity (Wildman–Crippen MR) is 121 cm³/mol. The van der Waals surface area contributed by atoms with Crippen LogP contribution in [-0.2, 0) is 21.3 Å². The number of carbonyl (C=O) groups is 1. The molecule has 4 atom stereocenters. The maximum atomic E-state index is 12.0. The molecule has 5 heteroatoms. The number of hydrogen-bond acceptors (Lipinski definition) is 5. The first-order valence-corrected chi connectivity index (χ1v) is 12.5. The molecule has 1 heterocycles. The van der Waals surface area contributed by atoms with Crippen molar-refractivity contribution >= 4 is 6.16 Å². The van der Waals surface area contributed by atoms with E-state index in [0.717, 1.165) is 50.3 Å². The molecule has 172 valence electrons. The molecule has 1 unspecified atom stereocenters. The van der Waals surface area contributed by atoms with Crippen molar-refractivity contribution in [3.05, 3.63) is 29.3 Å². The molecule has 31 heavy (non-hydrogen) atoms. The van der Waals surface area contributed by atoms with Crippen molar-refractivity contribution < 1.29 is 19.0 Å². The molecule has 2 bridgehead atoms. The van der Waals surface area contributed by atoms with Crippen molar-refractivity contribution in [3.63, 3.8) is 0 Å². The van der Waals surface area contributed by atoms with E-state index in [1.165, 1.54) is 43.2 Å². The first-order chi connectivity index (χ1) is 15.2. The molecule has 0 aromatic heterocycles. The van der Waals surface area contributed by atoms with Crippen molar-refractivity contribution in [2.75, 3.05) is 19.9 Å². The topological polar surface area (TPSA) is 56.8 Å². The molecule has 5 nitrogen and oxygen atoms in total. The summed E-state index contributed by atoms with van der Waals surface area (Å²) in [6, 6.07) is 7.08. The van der Waals surface area contributed by atoms with Gasteiger partial charge in [-0.05, 0) is 73.7 Å². The molecule has 3 aliphatic rings. The minimum atomic E-state index is -0.639. The Hall–Kier alpha value is -1.75. The van der Waals surface area contributed by atoms with Crippen LogP contribution in [0.3, 0.4) is 0 Å². The van der Waals surface area contributed by atoms with Gasteiger partial charge in [-0.1, -0.05) is 52.0 Å². The van der Waals surface area contributed by atoms with Crippen LogP contribution < -0.4 is 10.1 Å². The van der Waals surface area contributed by atoms with E-state index < -0.39 is 6.16 Å². The number of hydrogen-bond donors (Lipinski definition) is 1. The highest BCUT2D eigenvalue weighted by Crippen LogP contribution is 2.54. The van der Waals surface area contributed by atoms with E-state index in [4.69, 9.17) is 14.2 Å². The third-order valence-electron chi connectivity index (χ3n) is 8.00. The maximum Gasteiger partial charge on any atom is 0.511 e. The third-order valence-corrected chi connectivity index (χ3v) is 8.00. The van der Waals surface area contributed by atoms with Gasteiger partial charge in [-0.15, -0.1) is 0 Å². The van der Waals surface area contributed by atoms with Crippen molar-refractivity contribution in [1.29, 1.82) is 0 Å². The largest absolute Gasteiger partial charge is 0.511 e. The Balaban J connectivity index is 1.32. The number of unbranched alkanes of at least 4 members (excludes halogenated alkanes) is 1. The smallest absolute Gasteiger partial charge is 0.457 e. The summed E-state index contributed by atoms with van der Waals surface area (Å²) in [5.41, 5.74) is 3.24. The Morgan fingerprint density at radius 2 is 2.13 bits per heavy atom. The fourth-order valence-electron chi connectivity index (χ4n) is 6.26. The summed E-state index contributed by atoms with van der Waals surface area (Å²) in [7, 11) is 0. The molecule has 1 N–H and O–H groups in total. The quantitative estimate of drug-likeness (QED) is 0.401. The van der Waals surface area contributed by atoms with Crippen molar-refractivity contribution in [2.45, 2.75) is 89.5 Å². The van der Waals surface area contributed by atoms with E-state index in [-0.39, 0.29) is 6.79 Å². The molecule has 1 saturated carbocycles. The molecule has 4 rings (SSSR count). The number of carbonyl (C=O) groups excluding carboxylic acids is 1. The molecule has 2 aliphatic carbocycles. The minimum absolute atomic E-state index is 0.107. The van der Waals surface area contributed by atoms with Gasteiger partial charge in [0.2, 0.25) is 6.79 Å². The highest BCUT2D eigenvalue weighted by molar-refractivity contribution is 5.59. The number of fused-ring (bicyclic) bond motifs is 1. The molecule has 0 amide bonds. The number of nitrogens with one attached hydrogen (secondary N) is 1. The highest BCUT2D eigenvalue weighted by Gasteiger charge is 2.51. The van der Waals surface area contributed by atoms with Gasteiger partial charge in [0.05, 0.1) is 6.61 Å². The normalized spacial score (nSPS) is 27.5. The Kier molecular flexibility index (Phi) is 7.42. The van der Waals surface area contributed by atoms with E-state index in [2.05, 4.69) is 31.3 Å². The second kappa shape index (κ2) is 10.2. The summed E-state index contributed by atoms with van der Waals surface area (Å²) in [5.74, 6) is 1.94. The van der Waals surface area contributed by atoms with E-state index in [1.54, 1.807) is 0 Å². The highest BCUT2D eigenvalue weighted by atomic mass is 16.8. The van der Waals surface area contributed by atoms with E-state index in [9.17, 15) is 4.79 Å². The second-order valence-corrected chi connectivity index (χ2v) is 9.73. The van der Waals surface area contributed by atoms with Crippen LogP contribution in [0, 0.1) is 11.8 Å². The molecular weight excluding hydrogens is 390 g/mol. The Bertz CT molecular complexity index is 747. The zero-order valence-corrected chi connectivity index (χ0v) is 19.3. The molecule has 1 aromatic rings. The fourth-order valence-corrected chi connectivity index (χ4v) is 6.26. The molecule has 0 spiro atoms. The van der Waals surface area contributed by atoms with Gasteiger partial charge in [-0.25, -0.2) is 4.79 Å². The van der Waals surface area contributed by atoms with Gasteiger partial charge < -0.3 is 19.5 Å². The summed E-state index contributed by atoms with van der Waals surface area (Å²) in [6.07, 6.45) is 11.4. The molecule has 0 radical (unpaired) electrons. The lowest BCUT2D eigenvalue weighted by molar-refractivity contribution is -0.00251. The summed E-state index contributed by atoms with van der Waals surface area (Å²) < 4.78 is 16.3. The Morgan fingerprint density at radius 1 is 1.23 bits per heavy atom. The van der Waals surface area contributed by atoms with E-state index in [1.807, 2.05) is 6.07 Å². The Morgan fingerprint density at radius 3 is 2.97 bits per heavy atom. The average Bonchev–Trinajstić information content (AvgIpc) is 2.79. The van der Waals surface area contributed by atoms with Gasteiger partial charge in [0.15, 0.2) is 0 Å². The Labute approximate surface area is 187 Å². The predicted octanol–water partition coefficient (Wildman–Crippen LogP) is 5.74. The van der Waals surface area contributed by atoms with Crippen LogP contribution in [0.2, 0.25) is 0 Å². The van der Waals surface area contributed by atoms with Crippen LogP contribution in [0.4, 0.5) is 4.79 Å². The van der Waals surface area contributed by atoms with Crippen molar-refractivity contribution in [2.24, 2.45) is 11.8 Å². The lowest BCUT2D eigenvalue weighted by atomic mass is 9.53. The van der Waals surface area contributed by atoms with Crippen LogP contribution in [0.25, 0.3) is 0 Å². The summed E-state index contributed by atoms with van der Waals surface area (Å²) in [4.78, 5) is 12.0. The van der Waals surface area contributed by atoms with Crippen LogP contribution in [0.15, 0.2) is 18.2 Å². The van der Waals surface area contributed by atoms with Crippen LogP contribution in [0.1, 0.15) is 82.8 Å². The first-order valence-electron chi connectivity index (χ1n) is 12.5. The van der Waals surface area contributed by atoms with Crippen molar-refractivity contribution in [1.82, 2.24) is 5.32 Å². The SMILES string of the molecule is CCCCC(CC)COC(=O)OCOc1ccc2c(c1)[C@]13CCCC[C@@H]1[C@@H](C2)NCC3. The average molecular weight is 430 g/mol. The van der Waals surface area contributed by atoms with E-state index in [0.29, 0.717) is 24.0 Å². The summed E-state index contributed by atoms with van der Waals surface area (Å²) in [5, 5.41) is 3.78. The van der Waals surface area contributed by atoms with E-state index >= 15 is 0 Å². The third kappa shape index (κ3) is 4.87. The van der Waals surface area contributed by atoms with Crippen LogP contribution in [-0.4, -0.2) is 32.1 Å². The number of piperidine rings is 1. The molecule has 1 saturated heterocycles. The van der Waals surface area contributed by atoms with Crippen LogP contribution >= 0.6 is 0 Å². The first kappa shape index (κ1) is 22.4.